The number of aromatic nitrogens is 2. The number of aromatic amines is 1. The maximum atomic E-state index is 10.5. The van der Waals surface area contributed by atoms with Gasteiger partial charge in [0.15, 0.2) is 0 Å². The fraction of sp³-hybridized carbons (Fsp3) is 0.273. The van der Waals surface area contributed by atoms with Gasteiger partial charge in [0.05, 0.1) is 11.0 Å². The van der Waals surface area contributed by atoms with Gasteiger partial charge < -0.3 is 10.1 Å². The van der Waals surface area contributed by atoms with E-state index in [0.29, 0.717) is 6.42 Å². The number of benzene rings is 1. The Kier molecular flexibility index (Phi) is 2.41. The highest BCUT2D eigenvalue weighted by Crippen LogP contribution is 2.17. The smallest absolute Gasteiger partial charge is 0.303 e. The topological polar surface area (TPSA) is 66.0 Å². The van der Waals surface area contributed by atoms with Crippen LogP contribution in [-0.2, 0) is 11.2 Å². The first-order valence-electron chi connectivity index (χ1n) is 4.83. The highest BCUT2D eigenvalue weighted by Gasteiger charge is 2.06. The van der Waals surface area contributed by atoms with Crippen molar-refractivity contribution < 1.29 is 9.90 Å². The first-order valence-corrected chi connectivity index (χ1v) is 4.83. The number of aliphatic carboxylic acids is 1. The van der Waals surface area contributed by atoms with Gasteiger partial charge in [-0.05, 0) is 25.0 Å². The number of para-hydroxylation sites is 1. The summed E-state index contributed by atoms with van der Waals surface area (Å²) in [6, 6.07) is 5.78. The number of fused-ring (bicyclic) bond motifs is 1. The molecule has 1 heterocycles. The van der Waals surface area contributed by atoms with Crippen LogP contribution in [0.1, 0.15) is 17.8 Å². The molecule has 1 aromatic carbocycles. The monoisotopic (exact) mass is 204 g/mol. The Morgan fingerprint density at radius 2 is 2.33 bits per heavy atom. The number of rotatable bonds is 3. The fourth-order valence-corrected chi connectivity index (χ4v) is 1.66. The number of imidazole rings is 1. The SMILES string of the molecule is Cc1nc2c(CCC(=O)O)cccc2[nH]1. The van der Waals surface area contributed by atoms with Crippen molar-refractivity contribution in [1.29, 1.82) is 0 Å². The Balaban J connectivity index is 2.37. The van der Waals surface area contributed by atoms with E-state index >= 15 is 0 Å². The van der Waals surface area contributed by atoms with Crippen LogP contribution in [0.2, 0.25) is 0 Å². The lowest BCUT2D eigenvalue weighted by Gasteiger charge is -1.99. The van der Waals surface area contributed by atoms with Crippen LogP contribution >= 0.6 is 0 Å². The van der Waals surface area contributed by atoms with Crippen LogP contribution in [0, 0.1) is 6.92 Å². The molecule has 0 saturated heterocycles. The molecule has 0 bridgehead atoms. The van der Waals surface area contributed by atoms with Crippen molar-refractivity contribution in [3.8, 4) is 0 Å². The molecule has 0 atom stereocenters. The third kappa shape index (κ3) is 1.98. The van der Waals surface area contributed by atoms with Crippen LogP contribution in [0.4, 0.5) is 0 Å². The van der Waals surface area contributed by atoms with E-state index in [0.717, 1.165) is 22.4 Å². The van der Waals surface area contributed by atoms with E-state index in [2.05, 4.69) is 9.97 Å². The number of hydrogen-bond donors (Lipinski definition) is 2. The Hall–Kier alpha value is -1.84. The van der Waals surface area contributed by atoms with Crippen molar-refractivity contribution in [2.24, 2.45) is 0 Å². The minimum atomic E-state index is -0.778. The third-order valence-electron chi connectivity index (χ3n) is 2.32. The Bertz CT molecular complexity index is 502. The Morgan fingerprint density at radius 1 is 1.53 bits per heavy atom. The van der Waals surface area contributed by atoms with Gasteiger partial charge in [-0.1, -0.05) is 12.1 Å². The van der Waals surface area contributed by atoms with E-state index in [1.165, 1.54) is 0 Å². The summed E-state index contributed by atoms with van der Waals surface area (Å²) >= 11 is 0. The van der Waals surface area contributed by atoms with Gasteiger partial charge in [-0.25, -0.2) is 4.98 Å². The lowest BCUT2D eigenvalue weighted by atomic mass is 10.1. The van der Waals surface area contributed by atoms with Crippen molar-refractivity contribution >= 4 is 17.0 Å². The van der Waals surface area contributed by atoms with Gasteiger partial charge in [-0.15, -0.1) is 0 Å². The third-order valence-corrected chi connectivity index (χ3v) is 2.32. The van der Waals surface area contributed by atoms with Gasteiger partial charge in [-0.2, -0.15) is 0 Å². The van der Waals surface area contributed by atoms with Crippen molar-refractivity contribution in [3.63, 3.8) is 0 Å². The summed E-state index contributed by atoms with van der Waals surface area (Å²) < 4.78 is 0. The van der Waals surface area contributed by atoms with Gasteiger partial charge in [0.2, 0.25) is 0 Å². The van der Waals surface area contributed by atoms with E-state index in [4.69, 9.17) is 5.11 Å². The van der Waals surface area contributed by atoms with Gasteiger partial charge >= 0.3 is 5.97 Å². The van der Waals surface area contributed by atoms with Gasteiger partial charge in [0.25, 0.3) is 0 Å². The van der Waals surface area contributed by atoms with Crippen LogP contribution in [0.15, 0.2) is 18.2 Å². The number of aryl methyl sites for hydroxylation is 2. The van der Waals surface area contributed by atoms with E-state index in [1.54, 1.807) is 0 Å². The number of carboxylic acid groups (broad SMARTS) is 1. The Morgan fingerprint density at radius 3 is 3.07 bits per heavy atom. The molecule has 15 heavy (non-hydrogen) atoms. The molecule has 2 rings (SSSR count). The zero-order valence-electron chi connectivity index (χ0n) is 8.45. The molecular weight excluding hydrogens is 192 g/mol. The second kappa shape index (κ2) is 3.73. The minimum absolute atomic E-state index is 0.144. The number of nitrogens with zero attached hydrogens (tertiary/aromatic N) is 1. The first-order chi connectivity index (χ1) is 7.16. The van der Waals surface area contributed by atoms with Crippen LogP contribution in [-0.4, -0.2) is 21.0 Å². The van der Waals surface area contributed by atoms with E-state index in [9.17, 15) is 4.79 Å². The number of H-pyrrole nitrogens is 1. The maximum Gasteiger partial charge on any atom is 0.303 e. The van der Waals surface area contributed by atoms with E-state index in [1.807, 2.05) is 25.1 Å². The predicted molar refractivity (Wildman–Crippen MR) is 56.8 cm³/mol. The standard InChI is InChI=1S/C11H12N2O2/c1-7-12-9-4-2-3-8(11(9)13-7)5-6-10(14)15/h2-4H,5-6H2,1H3,(H,12,13)(H,14,15). The summed E-state index contributed by atoms with van der Waals surface area (Å²) in [6.45, 7) is 1.89. The molecule has 0 saturated carbocycles. The molecule has 4 heteroatoms. The summed E-state index contributed by atoms with van der Waals surface area (Å²) in [5.41, 5.74) is 2.84. The minimum Gasteiger partial charge on any atom is -0.481 e. The predicted octanol–water partition coefficient (Wildman–Crippen LogP) is 1.89. The number of carboxylic acids is 1. The van der Waals surface area contributed by atoms with Crippen molar-refractivity contribution in [1.82, 2.24) is 9.97 Å². The largest absolute Gasteiger partial charge is 0.481 e. The number of hydrogen-bond acceptors (Lipinski definition) is 2. The second-order valence-electron chi connectivity index (χ2n) is 3.53. The Labute approximate surface area is 87.0 Å². The summed E-state index contributed by atoms with van der Waals surface area (Å²) in [7, 11) is 0. The summed E-state index contributed by atoms with van der Waals surface area (Å²) in [4.78, 5) is 18.0. The molecular formula is C11H12N2O2. The maximum absolute atomic E-state index is 10.5. The molecule has 2 N–H and O–H groups in total. The molecule has 0 unspecified atom stereocenters. The van der Waals surface area contributed by atoms with Gasteiger partial charge in [0.1, 0.15) is 5.82 Å². The van der Waals surface area contributed by atoms with Crippen LogP contribution in [0.5, 0.6) is 0 Å². The molecule has 2 aromatic rings. The molecule has 4 nitrogen and oxygen atoms in total. The molecule has 78 valence electrons. The molecule has 0 spiro atoms. The summed E-state index contributed by atoms with van der Waals surface area (Å²) in [5.74, 6) is 0.0760. The van der Waals surface area contributed by atoms with Crippen LogP contribution < -0.4 is 0 Å². The van der Waals surface area contributed by atoms with Gasteiger partial charge in [0, 0.05) is 6.42 Å². The van der Waals surface area contributed by atoms with Crippen molar-refractivity contribution in [2.75, 3.05) is 0 Å². The normalized spacial score (nSPS) is 10.7. The molecule has 0 aliphatic heterocycles. The summed E-state index contributed by atoms with van der Waals surface area (Å²) in [6.07, 6.45) is 0.669. The second-order valence-corrected chi connectivity index (χ2v) is 3.53. The fourth-order valence-electron chi connectivity index (χ4n) is 1.66. The highest BCUT2D eigenvalue weighted by molar-refractivity contribution is 5.79. The average molecular weight is 204 g/mol. The zero-order valence-corrected chi connectivity index (χ0v) is 8.45. The molecule has 0 aliphatic carbocycles. The summed E-state index contributed by atoms with van der Waals surface area (Å²) in [5, 5.41) is 8.62. The average Bonchev–Trinajstić information content (AvgIpc) is 2.55. The lowest BCUT2D eigenvalue weighted by molar-refractivity contribution is -0.136. The van der Waals surface area contributed by atoms with Crippen molar-refractivity contribution in [2.45, 2.75) is 19.8 Å². The quantitative estimate of drug-likeness (QED) is 0.802. The number of nitrogens with one attached hydrogen (secondary N) is 1. The molecule has 1 aromatic heterocycles. The van der Waals surface area contributed by atoms with Crippen LogP contribution in [0.25, 0.3) is 11.0 Å². The molecule has 0 radical (unpaired) electrons. The molecule has 0 fully saturated rings. The highest BCUT2D eigenvalue weighted by atomic mass is 16.4. The van der Waals surface area contributed by atoms with Crippen molar-refractivity contribution in [3.05, 3.63) is 29.6 Å². The van der Waals surface area contributed by atoms with E-state index in [-0.39, 0.29) is 6.42 Å². The first kappa shape index (κ1) is 9.71. The lowest BCUT2D eigenvalue weighted by Crippen LogP contribution is -1.97. The van der Waals surface area contributed by atoms with Crippen LogP contribution in [0.3, 0.4) is 0 Å². The molecule has 0 aliphatic rings. The zero-order chi connectivity index (χ0) is 10.8. The number of carbonyl (C=O) groups is 1. The molecule has 0 amide bonds. The van der Waals surface area contributed by atoms with E-state index < -0.39 is 5.97 Å². The van der Waals surface area contributed by atoms with Gasteiger partial charge in [-0.3, -0.25) is 4.79 Å².